The largest absolute Gasteiger partial charge is 0.451 e. The van der Waals surface area contributed by atoms with E-state index in [9.17, 15) is 26.4 Å². The Bertz CT molecular complexity index is 883. The monoisotopic (exact) mass is 364 g/mol. The molecule has 0 aliphatic carbocycles. The van der Waals surface area contributed by atoms with Gasteiger partial charge in [-0.1, -0.05) is 17.7 Å². The van der Waals surface area contributed by atoms with Crippen LogP contribution in [-0.2, 0) is 29.8 Å². The first-order valence-corrected chi connectivity index (χ1v) is 8.28. The average molecular weight is 364 g/mol. The minimum absolute atomic E-state index is 0.0254. The van der Waals surface area contributed by atoms with Crippen molar-refractivity contribution in [2.45, 2.75) is 24.5 Å². The summed E-state index contributed by atoms with van der Waals surface area (Å²) in [5, 5.41) is 3.19. The van der Waals surface area contributed by atoms with Crippen LogP contribution < -0.4 is 10.4 Å². The number of nitrogens with one attached hydrogen (secondary N) is 1. The van der Waals surface area contributed by atoms with Gasteiger partial charge in [0.15, 0.2) is 0 Å². The van der Waals surface area contributed by atoms with Gasteiger partial charge in [0.1, 0.15) is 0 Å². The summed E-state index contributed by atoms with van der Waals surface area (Å²) in [6.45, 7) is 1.20. The molecule has 132 valence electrons. The predicted molar refractivity (Wildman–Crippen MR) is 78.8 cm³/mol. The van der Waals surface area contributed by atoms with Crippen molar-refractivity contribution in [3.63, 3.8) is 0 Å². The number of hydrogen-bond donors (Lipinski definition) is 1. The fourth-order valence-corrected chi connectivity index (χ4v) is 2.99. The molecule has 1 aromatic heterocycles. The number of sulfonamides is 1. The van der Waals surface area contributed by atoms with Gasteiger partial charge < -0.3 is 0 Å². The molecule has 0 fully saturated rings. The van der Waals surface area contributed by atoms with Crippen LogP contribution in [0.25, 0.3) is 0 Å². The summed E-state index contributed by atoms with van der Waals surface area (Å²) in [4.78, 5) is 11.7. The van der Waals surface area contributed by atoms with Gasteiger partial charge in [0.25, 0.3) is 0 Å². The van der Waals surface area contributed by atoms with Gasteiger partial charge in [-0.3, -0.25) is 4.57 Å². The number of nitrogens with zero attached hydrogens (tertiary/aromatic N) is 3. The molecule has 0 amide bonds. The second-order valence-corrected chi connectivity index (χ2v) is 6.86. The molecule has 0 radical (unpaired) electrons. The van der Waals surface area contributed by atoms with Gasteiger partial charge >= 0.3 is 11.9 Å². The molecule has 1 aromatic carbocycles. The molecule has 0 aliphatic heterocycles. The van der Waals surface area contributed by atoms with E-state index in [1.54, 1.807) is 19.1 Å². The van der Waals surface area contributed by atoms with Crippen molar-refractivity contribution < 1.29 is 21.6 Å². The zero-order valence-electron chi connectivity index (χ0n) is 12.8. The van der Waals surface area contributed by atoms with Crippen molar-refractivity contribution in [1.82, 2.24) is 19.1 Å². The first-order valence-electron chi connectivity index (χ1n) is 6.80. The highest BCUT2D eigenvalue weighted by Crippen LogP contribution is 2.25. The second kappa shape index (κ2) is 6.40. The molecular weight excluding hydrogens is 349 g/mol. The molecule has 0 bridgehead atoms. The average Bonchev–Trinajstić information content (AvgIpc) is 2.76. The van der Waals surface area contributed by atoms with Crippen molar-refractivity contribution in [3.8, 4) is 0 Å². The van der Waals surface area contributed by atoms with Crippen LogP contribution in [0.1, 0.15) is 11.4 Å². The number of rotatable bonds is 5. The summed E-state index contributed by atoms with van der Waals surface area (Å²) in [5.41, 5.74) is -0.0921. The van der Waals surface area contributed by atoms with Gasteiger partial charge in [0.2, 0.25) is 15.8 Å². The van der Waals surface area contributed by atoms with Crippen LogP contribution in [0.3, 0.4) is 0 Å². The summed E-state index contributed by atoms with van der Waals surface area (Å²) < 4.78 is 65.2. The highest BCUT2D eigenvalue weighted by Gasteiger charge is 2.37. The van der Waals surface area contributed by atoms with E-state index < -0.39 is 27.7 Å². The van der Waals surface area contributed by atoms with Crippen LogP contribution in [-0.4, -0.2) is 29.3 Å². The molecule has 0 atom stereocenters. The number of benzene rings is 1. The van der Waals surface area contributed by atoms with Crippen molar-refractivity contribution in [3.05, 3.63) is 46.1 Å². The predicted octanol–water partition coefficient (Wildman–Crippen LogP) is 0.888. The molecule has 1 heterocycles. The Kier molecular flexibility index (Phi) is 4.85. The zero-order chi connectivity index (χ0) is 18.1. The van der Waals surface area contributed by atoms with Crippen LogP contribution in [0.4, 0.5) is 13.2 Å². The van der Waals surface area contributed by atoms with E-state index in [2.05, 4.69) is 9.82 Å². The molecule has 2 aromatic rings. The van der Waals surface area contributed by atoms with Gasteiger partial charge in [-0.05, 0) is 19.1 Å². The Hall–Kier alpha value is -2.14. The minimum Gasteiger partial charge on any atom is -0.274 e. The summed E-state index contributed by atoms with van der Waals surface area (Å²) in [6, 6.07) is 6.06. The standard InChI is InChI=1S/C13H15F3N4O3S/c1-9-3-5-10(6-4-9)24(22,23)17-7-8-20-12(21)19(2)11(18-20)13(14,15)16/h3-6,17H,7-8H2,1-2H3. The van der Waals surface area contributed by atoms with Crippen LogP contribution in [0, 0.1) is 6.92 Å². The van der Waals surface area contributed by atoms with Crippen molar-refractivity contribution in [2.75, 3.05) is 6.54 Å². The van der Waals surface area contributed by atoms with Gasteiger partial charge in [0, 0.05) is 13.6 Å². The van der Waals surface area contributed by atoms with Crippen molar-refractivity contribution in [2.24, 2.45) is 7.05 Å². The summed E-state index contributed by atoms with van der Waals surface area (Å²) >= 11 is 0. The second-order valence-electron chi connectivity index (χ2n) is 5.10. The maximum atomic E-state index is 12.7. The topological polar surface area (TPSA) is 86.0 Å². The Morgan fingerprint density at radius 2 is 1.79 bits per heavy atom. The molecule has 11 heteroatoms. The van der Waals surface area contributed by atoms with E-state index >= 15 is 0 Å². The summed E-state index contributed by atoms with van der Waals surface area (Å²) in [6.07, 6.45) is -4.76. The van der Waals surface area contributed by atoms with E-state index in [0.717, 1.165) is 12.6 Å². The molecule has 0 saturated heterocycles. The molecule has 0 saturated carbocycles. The van der Waals surface area contributed by atoms with E-state index in [0.29, 0.717) is 9.25 Å². The first kappa shape index (κ1) is 18.2. The quantitative estimate of drug-likeness (QED) is 0.854. The van der Waals surface area contributed by atoms with Crippen LogP contribution >= 0.6 is 0 Å². The molecule has 0 aliphatic rings. The number of halogens is 3. The fraction of sp³-hybridized carbons (Fsp3) is 0.385. The molecule has 24 heavy (non-hydrogen) atoms. The third kappa shape index (κ3) is 3.85. The minimum atomic E-state index is -4.76. The molecule has 0 spiro atoms. The molecule has 2 rings (SSSR count). The maximum Gasteiger partial charge on any atom is 0.451 e. The van der Waals surface area contributed by atoms with Crippen molar-refractivity contribution >= 4 is 10.0 Å². The summed E-state index contributed by atoms with van der Waals surface area (Å²) in [7, 11) is -2.86. The Labute approximate surface area is 135 Å². The Morgan fingerprint density at radius 3 is 2.29 bits per heavy atom. The summed E-state index contributed by atoms with van der Waals surface area (Å²) in [5.74, 6) is -1.34. The van der Waals surface area contributed by atoms with Gasteiger partial charge in [-0.15, -0.1) is 5.10 Å². The zero-order valence-corrected chi connectivity index (χ0v) is 13.6. The van der Waals surface area contributed by atoms with Crippen molar-refractivity contribution in [1.29, 1.82) is 0 Å². The third-order valence-corrected chi connectivity index (χ3v) is 4.72. The van der Waals surface area contributed by atoms with Crippen LogP contribution in [0.5, 0.6) is 0 Å². The smallest absolute Gasteiger partial charge is 0.274 e. The lowest BCUT2D eigenvalue weighted by atomic mass is 10.2. The highest BCUT2D eigenvalue weighted by atomic mass is 32.2. The van der Waals surface area contributed by atoms with E-state index in [1.165, 1.54) is 12.1 Å². The molecular formula is C13H15F3N4O3S. The number of alkyl halides is 3. The Balaban J connectivity index is 2.10. The number of hydrogen-bond acceptors (Lipinski definition) is 4. The lowest BCUT2D eigenvalue weighted by Gasteiger charge is -2.06. The lowest BCUT2D eigenvalue weighted by Crippen LogP contribution is -2.31. The maximum absolute atomic E-state index is 12.7. The van der Waals surface area contributed by atoms with Gasteiger partial charge in [-0.25, -0.2) is 22.6 Å². The van der Waals surface area contributed by atoms with E-state index in [1.807, 2.05) is 0 Å². The Morgan fingerprint density at radius 1 is 1.21 bits per heavy atom. The number of aromatic nitrogens is 3. The number of aryl methyl sites for hydroxylation is 1. The van der Waals surface area contributed by atoms with Gasteiger partial charge in [0.05, 0.1) is 11.4 Å². The fourth-order valence-electron chi connectivity index (χ4n) is 1.97. The third-order valence-electron chi connectivity index (χ3n) is 3.24. The highest BCUT2D eigenvalue weighted by molar-refractivity contribution is 7.89. The molecule has 7 nitrogen and oxygen atoms in total. The SMILES string of the molecule is Cc1ccc(S(=O)(=O)NCCn2nc(C(F)(F)F)n(C)c2=O)cc1. The van der Waals surface area contributed by atoms with Crippen LogP contribution in [0.15, 0.2) is 34.0 Å². The first-order chi connectivity index (χ1) is 11.0. The normalized spacial score (nSPS) is 12.5. The van der Waals surface area contributed by atoms with Gasteiger partial charge in [-0.2, -0.15) is 13.2 Å². The van der Waals surface area contributed by atoms with E-state index in [-0.39, 0.29) is 18.0 Å². The van der Waals surface area contributed by atoms with Crippen LogP contribution in [0.2, 0.25) is 0 Å². The van der Waals surface area contributed by atoms with E-state index in [4.69, 9.17) is 0 Å². The molecule has 0 unspecified atom stereocenters. The lowest BCUT2D eigenvalue weighted by molar-refractivity contribution is -0.147. The molecule has 1 N–H and O–H groups in total.